The molecule has 6 nitrogen and oxygen atoms in total. The number of rotatable bonds is 5. The number of pyridine rings is 1. The topological polar surface area (TPSA) is 92.9 Å². The van der Waals surface area contributed by atoms with Gasteiger partial charge in [0.15, 0.2) is 0 Å². The molecule has 0 saturated heterocycles. The highest BCUT2D eigenvalue weighted by molar-refractivity contribution is 7.09. The van der Waals surface area contributed by atoms with Gasteiger partial charge in [0.2, 0.25) is 0 Å². The predicted octanol–water partition coefficient (Wildman–Crippen LogP) is 1.41. The molecule has 0 aromatic carbocycles. The van der Waals surface area contributed by atoms with E-state index in [4.69, 9.17) is 5.84 Å². The highest BCUT2D eigenvalue weighted by atomic mass is 32.1. The maximum Gasteiger partial charge on any atom is 0.251 e. The number of nitrogens with zero attached hydrogens (tertiary/aromatic N) is 2. The minimum absolute atomic E-state index is 0.139. The summed E-state index contributed by atoms with van der Waals surface area (Å²) in [6.45, 7) is 4.33. The smallest absolute Gasteiger partial charge is 0.251 e. The van der Waals surface area contributed by atoms with E-state index < -0.39 is 0 Å². The number of carbonyl (C=O) groups is 1. The largest absolute Gasteiger partial charge is 0.352 e. The molecule has 4 N–H and O–H groups in total. The van der Waals surface area contributed by atoms with Crippen molar-refractivity contribution in [3.8, 4) is 0 Å². The summed E-state index contributed by atoms with van der Waals surface area (Å²) in [7, 11) is 0. The first-order valence-corrected chi connectivity index (χ1v) is 7.11. The monoisotopic (exact) mass is 291 g/mol. The van der Waals surface area contributed by atoms with Crippen LogP contribution in [0.5, 0.6) is 0 Å². The molecule has 0 unspecified atom stereocenters. The van der Waals surface area contributed by atoms with Crippen LogP contribution < -0.4 is 16.6 Å². The van der Waals surface area contributed by atoms with Crippen molar-refractivity contribution in [1.29, 1.82) is 0 Å². The van der Waals surface area contributed by atoms with E-state index in [1.165, 1.54) is 0 Å². The number of amides is 1. The molecule has 0 radical (unpaired) electrons. The van der Waals surface area contributed by atoms with Gasteiger partial charge in [-0.05, 0) is 26.0 Å². The molecule has 0 aliphatic heterocycles. The Hall–Kier alpha value is -1.99. The molecule has 0 atom stereocenters. The Morgan fingerprint density at radius 2 is 2.10 bits per heavy atom. The number of hydrazine groups is 1. The lowest BCUT2D eigenvalue weighted by atomic mass is 10.2. The quantitative estimate of drug-likeness (QED) is 0.572. The van der Waals surface area contributed by atoms with E-state index in [1.54, 1.807) is 23.5 Å². The van der Waals surface area contributed by atoms with Crippen LogP contribution in [0, 0.1) is 13.8 Å². The third-order valence-electron chi connectivity index (χ3n) is 2.65. The molecule has 0 spiro atoms. The van der Waals surface area contributed by atoms with Gasteiger partial charge in [-0.2, -0.15) is 0 Å². The van der Waals surface area contributed by atoms with E-state index in [1.807, 2.05) is 19.2 Å². The molecule has 20 heavy (non-hydrogen) atoms. The Bertz CT molecular complexity index is 611. The van der Waals surface area contributed by atoms with Gasteiger partial charge in [-0.25, -0.2) is 15.8 Å². The van der Waals surface area contributed by atoms with Crippen LogP contribution in [-0.2, 0) is 6.42 Å². The van der Waals surface area contributed by atoms with Gasteiger partial charge in [0.05, 0.1) is 5.01 Å². The summed E-state index contributed by atoms with van der Waals surface area (Å²) in [5, 5.41) is 5.90. The summed E-state index contributed by atoms with van der Waals surface area (Å²) in [4.78, 5) is 20.5. The molecule has 106 valence electrons. The number of hydrogen-bond donors (Lipinski definition) is 3. The normalized spacial score (nSPS) is 10.3. The van der Waals surface area contributed by atoms with Gasteiger partial charge in [-0.15, -0.1) is 11.3 Å². The number of aryl methyl sites for hydroxylation is 2. The fraction of sp³-hybridized carbons (Fsp3) is 0.308. The first-order valence-electron chi connectivity index (χ1n) is 6.23. The molecule has 0 aliphatic rings. The lowest BCUT2D eigenvalue weighted by Crippen LogP contribution is -2.26. The predicted molar refractivity (Wildman–Crippen MR) is 79.7 cm³/mol. The van der Waals surface area contributed by atoms with Crippen molar-refractivity contribution in [3.05, 3.63) is 39.5 Å². The van der Waals surface area contributed by atoms with Gasteiger partial charge in [0, 0.05) is 35.3 Å². The van der Waals surface area contributed by atoms with E-state index in [9.17, 15) is 4.79 Å². The second-order valence-electron chi connectivity index (χ2n) is 4.42. The molecular weight excluding hydrogens is 274 g/mol. The summed E-state index contributed by atoms with van der Waals surface area (Å²) >= 11 is 1.61. The van der Waals surface area contributed by atoms with Crippen LogP contribution in [0.4, 0.5) is 5.82 Å². The van der Waals surface area contributed by atoms with Crippen molar-refractivity contribution in [2.75, 3.05) is 12.0 Å². The van der Waals surface area contributed by atoms with E-state index in [0.29, 0.717) is 17.9 Å². The van der Waals surface area contributed by atoms with Gasteiger partial charge < -0.3 is 10.7 Å². The minimum Gasteiger partial charge on any atom is -0.352 e. The van der Waals surface area contributed by atoms with Crippen molar-refractivity contribution < 1.29 is 4.79 Å². The van der Waals surface area contributed by atoms with Gasteiger partial charge in [-0.3, -0.25) is 4.79 Å². The van der Waals surface area contributed by atoms with Crippen molar-refractivity contribution in [1.82, 2.24) is 15.3 Å². The van der Waals surface area contributed by atoms with E-state index in [2.05, 4.69) is 20.7 Å². The lowest BCUT2D eigenvalue weighted by molar-refractivity contribution is 0.0954. The molecule has 2 rings (SSSR count). The number of thiazole rings is 1. The summed E-state index contributed by atoms with van der Waals surface area (Å²) in [5.74, 6) is 5.65. The second-order valence-corrected chi connectivity index (χ2v) is 5.36. The van der Waals surface area contributed by atoms with Crippen LogP contribution in [0.3, 0.4) is 0 Å². The average Bonchev–Trinajstić information content (AvgIpc) is 2.83. The molecule has 0 aliphatic carbocycles. The third kappa shape index (κ3) is 3.75. The Morgan fingerprint density at radius 3 is 2.75 bits per heavy atom. The van der Waals surface area contributed by atoms with Crippen molar-refractivity contribution in [2.24, 2.45) is 5.84 Å². The number of nitrogens with one attached hydrogen (secondary N) is 2. The molecule has 0 fully saturated rings. The summed E-state index contributed by atoms with van der Waals surface area (Å²) in [6, 6.07) is 3.35. The maximum atomic E-state index is 12.0. The summed E-state index contributed by atoms with van der Waals surface area (Å²) in [6.07, 6.45) is 0.732. The van der Waals surface area contributed by atoms with Crippen molar-refractivity contribution in [2.45, 2.75) is 20.3 Å². The third-order valence-corrected chi connectivity index (χ3v) is 3.68. The molecule has 0 bridgehead atoms. The van der Waals surface area contributed by atoms with E-state index in [0.717, 1.165) is 22.8 Å². The Balaban J connectivity index is 1.93. The van der Waals surface area contributed by atoms with Crippen LogP contribution in [0.25, 0.3) is 0 Å². The standard InChI is InChI=1S/C13H17N5OS/c1-8-5-10(6-11(16-8)18-14)13(19)15-4-3-12-17-9(2)7-20-12/h5-7H,3-4,14H2,1-2H3,(H,15,19)(H,16,18). The van der Waals surface area contributed by atoms with E-state index >= 15 is 0 Å². The Morgan fingerprint density at radius 1 is 1.30 bits per heavy atom. The van der Waals surface area contributed by atoms with Crippen LogP contribution in [0.15, 0.2) is 17.5 Å². The molecular formula is C13H17N5OS. The number of nitrogens with two attached hydrogens (primary N) is 1. The first-order chi connectivity index (χ1) is 9.58. The second kappa shape index (κ2) is 6.44. The number of aromatic nitrogens is 2. The molecule has 2 heterocycles. The molecule has 7 heteroatoms. The highest BCUT2D eigenvalue weighted by Gasteiger charge is 2.08. The molecule has 1 amide bonds. The zero-order valence-corrected chi connectivity index (χ0v) is 12.3. The SMILES string of the molecule is Cc1cc(C(=O)NCCc2nc(C)cs2)cc(NN)n1. The van der Waals surface area contributed by atoms with Crippen molar-refractivity contribution >= 4 is 23.1 Å². The molecule has 2 aromatic heterocycles. The van der Waals surface area contributed by atoms with Gasteiger partial charge in [0.25, 0.3) is 5.91 Å². The first kappa shape index (κ1) is 14.4. The van der Waals surface area contributed by atoms with Gasteiger partial charge in [-0.1, -0.05) is 0 Å². The van der Waals surface area contributed by atoms with Crippen molar-refractivity contribution in [3.63, 3.8) is 0 Å². The van der Waals surface area contributed by atoms with Crippen LogP contribution in [0.2, 0.25) is 0 Å². The maximum absolute atomic E-state index is 12.0. The van der Waals surface area contributed by atoms with Crippen LogP contribution >= 0.6 is 11.3 Å². The molecule has 2 aromatic rings. The van der Waals surface area contributed by atoms with Gasteiger partial charge >= 0.3 is 0 Å². The average molecular weight is 291 g/mol. The Kier molecular flexibility index (Phi) is 4.65. The van der Waals surface area contributed by atoms with E-state index in [-0.39, 0.29) is 5.91 Å². The van der Waals surface area contributed by atoms with Gasteiger partial charge in [0.1, 0.15) is 5.82 Å². The van der Waals surface area contributed by atoms with Crippen LogP contribution in [-0.4, -0.2) is 22.4 Å². The van der Waals surface area contributed by atoms with Crippen LogP contribution in [0.1, 0.15) is 26.8 Å². The molecule has 0 saturated carbocycles. The number of nitrogen functional groups attached to an aromatic ring is 1. The zero-order chi connectivity index (χ0) is 14.5. The minimum atomic E-state index is -0.139. The summed E-state index contributed by atoms with van der Waals surface area (Å²) < 4.78 is 0. The number of carbonyl (C=O) groups excluding carboxylic acids is 1. The fourth-order valence-corrected chi connectivity index (χ4v) is 2.55. The number of hydrogen-bond acceptors (Lipinski definition) is 6. The highest BCUT2D eigenvalue weighted by Crippen LogP contribution is 2.10. The zero-order valence-electron chi connectivity index (χ0n) is 11.4. The fourth-order valence-electron chi connectivity index (χ4n) is 1.78. The lowest BCUT2D eigenvalue weighted by Gasteiger charge is -2.07. The number of anilines is 1. The summed E-state index contributed by atoms with van der Waals surface area (Å²) in [5.41, 5.74) is 4.74. The Labute approximate surface area is 121 Å².